The Morgan fingerprint density at radius 3 is 2.56 bits per heavy atom. The SMILES string of the molecule is CCOC(=O)[C@H]1[C@H](C2(C)OCCO2)C(=O)N1Cc1ccc(OC)cc1OC. The van der Waals surface area contributed by atoms with E-state index >= 15 is 0 Å². The van der Waals surface area contributed by atoms with Gasteiger partial charge >= 0.3 is 5.97 Å². The smallest absolute Gasteiger partial charge is 0.329 e. The van der Waals surface area contributed by atoms with E-state index in [-0.39, 0.29) is 19.1 Å². The van der Waals surface area contributed by atoms with Crippen molar-refractivity contribution in [2.24, 2.45) is 5.92 Å². The molecule has 2 aliphatic rings. The third-order valence-electron chi connectivity index (χ3n) is 4.99. The van der Waals surface area contributed by atoms with Crippen molar-refractivity contribution in [3.05, 3.63) is 23.8 Å². The molecule has 1 amide bonds. The van der Waals surface area contributed by atoms with Crippen LogP contribution in [0.3, 0.4) is 0 Å². The molecule has 1 aromatic rings. The number of amides is 1. The van der Waals surface area contributed by atoms with Crippen molar-refractivity contribution in [1.29, 1.82) is 0 Å². The topological polar surface area (TPSA) is 83.5 Å². The number of esters is 1. The van der Waals surface area contributed by atoms with Crippen LogP contribution >= 0.6 is 0 Å². The predicted octanol–water partition coefficient (Wildman–Crippen LogP) is 1.36. The van der Waals surface area contributed by atoms with Crippen LogP contribution in [-0.4, -0.2) is 62.6 Å². The molecule has 0 aliphatic carbocycles. The number of methoxy groups -OCH3 is 2. The number of carbonyl (C=O) groups is 2. The lowest BCUT2D eigenvalue weighted by Gasteiger charge is -2.50. The van der Waals surface area contributed by atoms with Crippen molar-refractivity contribution in [3.8, 4) is 11.5 Å². The van der Waals surface area contributed by atoms with Gasteiger partial charge in [0.05, 0.1) is 40.6 Å². The molecule has 1 aromatic carbocycles. The van der Waals surface area contributed by atoms with Crippen molar-refractivity contribution in [2.45, 2.75) is 32.2 Å². The van der Waals surface area contributed by atoms with Gasteiger partial charge in [0.25, 0.3) is 0 Å². The maximum absolute atomic E-state index is 12.9. The number of rotatable bonds is 7. The number of ether oxygens (including phenoxy) is 5. The first kappa shape index (κ1) is 19.4. The van der Waals surface area contributed by atoms with Crippen LogP contribution in [0.25, 0.3) is 0 Å². The Balaban J connectivity index is 1.86. The molecule has 0 N–H and O–H groups in total. The largest absolute Gasteiger partial charge is 0.497 e. The van der Waals surface area contributed by atoms with Gasteiger partial charge in [-0.15, -0.1) is 0 Å². The molecule has 0 radical (unpaired) electrons. The summed E-state index contributed by atoms with van der Waals surface area (Å²) in [6.07, 6.45) is 0. The summed E-state index contributed by atoms with van der Waals surface area (Å²) in [6.45, 7) is 4.65. The average Bonchev–Trinajstić information content (AvgIpc) is 3.10. The monoisotopic (exact) mass is 379 g/mol. The van der Waals surface area contributed by atoms with Gasteiger partial charge in [-0.1, -0.05) is 0 Å². The Bertz CT molecular complexity index is 714. The fourth-order valence-electron chi connectivity index (χ4n) is 3.60. The minimum Gasteiger partial charge on any atom is -0.497 e. The number of nitrogens with zero attached hydrogens (tertiary/aromatic N) is 1. The van der Waals surface area contributed by atoms with Gasteiger partial charge < -0.3 is 28.6 Å². The predicted molar refractivity (Wildman–Crippen MR) is 94.3 cm³/mol. The molecule has 8 heteroatoms. The standard InChI is InChI=1S/C19H25NO7/c1-5-25-18(22)16-15(19(2)26-8-9-27-19)17(21)20(16)11-12-6-7-13(23-3)10-14(12)24-4/h6-7,10,15-16H,5,8-9,11H2,1-4H3/t15-,16+/m0/s1. The summed E-state index contributed by atoms with van der Waals surface area (Å²) in [5.74, 6) is -1.30. The normalized spacial score (nSPS) is 23.7. The van der Waals surface area contributed by atoms with Crippen LogP contribution in [0.5, 0.6) is 11.5 Å². The van der Waals surface area contributed by atoms with Crippen molar-refractivity contribution in [1.82, 2.24) is 4.90 Å². The van der Waals surface area contributed by atoms with E-state index in [9.17, 15) is 9.59 Å². The molecule has 148 valence electrons. The molecule has 8 nitrogen and oxygen atoms in total. The van der Waals surface area contributed by atoms with E-state index in [1.54, 1.807) is 40.2 Å². The molecular weight excluding hydrogens is 354 g/mol. The highest BCUT2D eigenvalue weighted by Crippen LogP contribution is 2.42. The van der Waals surface area contributed by atoms with Gasteiger partial charge in [-0.2, -0.15) is 0 Å². The maximum atomic E-state index is 12.9. The number of benzene rings is 1. The number of carbonyl (C=O) groups excluding carboxylic acids is 2. The molecule has 2 fully saturated rings. The Labute approximate surface area is 158 Å². The number of hydrogen-bond donors (Lipinski definition) is 0. The molecule has 0 spiro atoms. The summed E-state index contributed by atoms with van der Waals surface area (Å²) < 4.78 is 27.0. The minimum atomic E-state index is -1.12. The van der Waals surface area contributed by atoms with Gasteiger partial charge in [0.1, 0.15) is 23.5 Å². The van der Waals surface area contributed by atoms with Crippen LogP contribution in [0.4, 0.5) is 0 Å². The van der Waals surface area contributed by atoms with E-state index in [2.05, 4.69) is 0 Å². The molecule has 3 rings (SSSR count). The zero-order valence-electron chi connectivity index (χ0n) is 16.0. The van der Waals surface area contributed by atoms with Crippen LogP contribution in [0.2, 0.25) is 0 Å². The van der Waals surface area contributed by atoms with Crippen molar-refractivity contribution in [2.75, 3.05) is 34.0 Å². The minimum absolute atomic E-state index is 0.210. The first-order chi connectivity index (χ1) is 12.9. The third kappa shape index (κ3) is 3.46. The molecule has 2 aliphatic heterocycles. The number of likely N-dealkylation sites (tertiary alicyclic amines) is 1. The number of hydrogen-bond acceptors (Lipinski definition) is 7. The van der Waals surface area contributed by atoms with Crippen LogP contribution < -0.4 is 9.47 Å². The van der Waals surface area contributed by atoms with Gasteiger partial charge in [0, 0.05) is 11.6 Å². The van der Waals surface area contributed by atoms with E-state index < -0.39 is 23.7 Å². The van der Waals surface area contributed by atoms with E-state index in [1.165, 1.54) is 4.90 Å². The van der Waals surface area contributed by atoms with Crippen LogP contribution in [0.1, 0.15) is 19.4 Å². The summed E-state index contributed by atoms with van der Waals surface area (Å²) >= 11 is 0. The zero-order valence-corrected chi connectivity index (χ0v) is 16.0. The summed E-state index contributed by atoms with van der Waals surface area (Å²) in [6, 6.07) is 4.56. The molecule has 2 saturated heterocycles. The Morgan fingerprint density at radius 1 is 1.26 bits per heavy atom. The summed E-state index contributed by atoms with van der Waals surface area (Å²) in [7, 11) is 3.11. The first-order valence-corrected chi connectivity index (χ1v) is 8.91. The third-order valence-corrected chi connectivity index (χ3v) is 4.99. The lowest BCUT2D eigenvalue weighted by molar-refractivity contribution is -0.233. The zero-order chi connectivity index (χ0) is 19.6. The molecule has 0 bridgehead atoms. The molecule has 0 saturated carbocycles. The highest BCUT2D eigenvalue weighted by molar-refractivity contribution is 5.98. The molecule has 0 unspecified atom stereocenters. The molecular formula is C19H25NO7. The van der Waals surface area contributed by atoms with E-state index in [4.69, 9.17) is 23.7 Å². The van der Waals surface area contributed by atoms with E-state index in [0.717, 1.165) is 5.56 Å². The van der Waals surface area contributed by atoms with Gasteiger partial charge in [-0.3, -0.25) is 4.79 Å². The van der Waals surface area contributed by atoms with Crippen LogP contribution in [0, 0.1) is 5.92 Å². The lowest BCUT2D eigenvalue weighted by Crippen LogP contribution is -2.70. The van der Waals surface area contributed by atoms with Gasteiger partial charge in [0.15, 0.2) is 5.79 Å². The lowest BCUT2D eigenvalue weighted by atomic mass is 9.80. The molecule has 0 aromatic heterocycles. The Hall–Kier alpha value is -2.32. The van der Waals surface area contributed by atoms with Crippen LogP contribution in [-0.2, 0) is 30.3 Å². The van der Waals surface area contributed by atoms with E-state index in [1.807, 2.05) is 6.07 Å². The molecule has 2 heterocycles. The van der Waals surface area contributed by atoms with Crippen molar-refractivity contribution < 1.29 is 33.3 Å². The Morgan fingerprint density at radius 2 is 1.96 bits per heavy atom. The maximum Gasteiger partial charge on any atom is 0.329 e. The summed E-state index contributed by atoms with van der Waals surface area (Å²) in [5.41, 5.74) is 0.762. The number of β-lactam (4-membered cyclic amide) rings is 1. The first-order valence-electron chi connectivity index (χ1n) is 8.91. The quantitative estimate of drug-likeness (QED) is 0.522. The average molecular weight is 379 g/mol. The second kappa shape index (κ2) is 7.74. The van der Waals surface area contributed by atoms with Gasteiger partial charge in [-0.05, 0) is 26.0 Å². The fraction of sp³-hybridized carbons (Fsp3) is 0.579. The highest BCUT2D eigenvalue weighted by Gasteiger charge is 2.62. The molecule has 27 heavy (non-hydrogen) atoms. The van der Waals surface area contributed by atoms with Crippen LogP contribution in [0.15, 0.2) is 18.2 Å². The fourth-order valence-corrected chi connectivity index (χ4v) is 3.60. The van der Waals surface area contributed by atoms with Crippen molar-refractivity contribution in [3.63, 3.8) is 0 Å². The van der Waals surface area contributed by atoms with Crippen molar-refractivity contribution >= 4 is 11.9 Å². The Kier molecular flexibility index (Phi) is 5.57. The molecule has 2 atom stereocenters. The highest BCUT2D eigenvalue weighted by atomic mass is 16.7. The van der Waals surface area contributed by atoms with Gasteiger partial charge in [0.2, 0.25) is 5.91 Å². The summed E-state index contributed by atoms with van der Waals surface area (Å²) in [5, 5.41) is 0. The second-order valence-corrected chi connectivity index (χ2v) is 6.53. The van der Waals surface area contributed by atoms with Gasteiger partial charge in [-0.25, -0.2) is 4.79 Å². The second-order valence-electron chi connectivity index (χ2n) is 6.53. The summed E-state index contributed by atoms with van der Waals surface area (Å²) in [4.78, 5) is 26.9. The van der Waals surface area contributed by atoms with E-state index in [0.29, 0.717) is 24.7 Å².